The van der Waals surface area contributed by atoms with Crippen molar-refractivity contribution in [3.63, 3.8) is 0 Å². The van der Waals surface area contributed by atoms with Crippen LogP contribution in [-0.4, -0.2) is 47.1 Å². The third-order valence-corrected chi connectivity index (χ3v) is 5.10. The zero-order valence-corrected chi connectivity index (χ0v) is 15.8. The highest BCUT2D eigenvalue weighted by molar-refractivity contribution is 5.95. The Bertz CT molecular complexity index is 794. The first-order valence-corrected chi connectivity index (χ1v) is 9.30. The predicted octanol–water partition coefficient (Wildman–Crippen LogP) is 3.00. The summed E-state index contributed by atoms with van der Waals surface area (Å²) in [7, 11) is 1.60. The number of ether oxygens (including phenoxy) is 1. The molecule has 1 aliphatic rings. The minimum atomic E-state index is 0.00998. The van der Waals surface area contributed by atoms with Gasteiger partial charge in [0.2, 0.25) is 5.91 Å². The predicted molar refractivity (Wildman–Crippen MR) is 103 cm³/mol. The Morgan fingerprint density at radius 3 is 2.78 bits per heavy atom. The topological polar surface area (TPSA) is 87.3 Å². The van der Waals surface area contributed by atoms with E-state index in [1.54, 1.807) is 19.4 Å². The fourth-order valence-corrected chi connectivity index (χ4v) is 3.42. The second kappa shape index (κ2) is 8.70. The third-order valence-electron chi connectivity index (χ3n) is 5.10. The lowest BCUT2D eigenvalue weighted by Gasteiger charge is -2.31. The average Bonchev–Trinajstić information content (AvgIpc) is 3.12. The van der Waals surface area contributed by atoms with Crippen LogP contribution in [-0.2, 0) is 4.79 Å². The van der Waals surface area contributed by atoms with Crippen LogP contribution >= 0.6 is 0 Å². The fraction of sp³-hybridized carbons (Fsp3) is 0.450. The number of likely N-dealkylation sites (tertiary alicyclic amines) is 1. The van der Waals surface area contributed by atoms with Crippen molar-refractivity contribution in [3.05, 3.63) is 41.7 Å². The number of hydrogen-bond donors (Lipinski definition) is 2. The molecule has 144 valence electrons. The molecule has 2 amide bonds. The van der Waals surface area contributed by atoms with Crippen LogP contribution in [0.2, 0.25) is 0 Å². The zero-order valence-electron chi connectivity index (χ0n) is 15.8. The van der Waals surface area contributed by atoms with Crippen LogP contribution in [0.3, 0.4) is 0 Å². The van der Waals surface area contributed by atoms with Crippen molar-refractivity contribution in [3.8, 4) is 5.75 Å². The molecule has 1 aromatic heterocycles. The van der Waals surface area contributed by atoms with Crippen LogP contribution in [0, 0.1) is 12.8 Å². The smallest absolute Gasteiger partial charge is 0.257 e. The maximum atomic E-state index is 12.5. The summed E-state index contributed by atoms with van der Waals surface area (Å²) in [6.07, 6.45) is 4.76. The van der Waals surface area contributed by atoms with Gasteiger partial charge in [-0.15, -0.1) is 0 Å². The molecule has 27 heavy (non-hydrogen) atoms. The van der Waals surface area contributed by atoms with E-state index in [0.717, 1.165) is 49.5 Å². The lowest BCUT2D eigenvalue weighted by atomic mass is 9.91. The highest BCUT2D eigenvalue weighted by Crippen LogP contribution is 2.24. The van der Waals surface area contributed by atoms with E-state index in [-0.39, 0.29) is 11.8 Å². The van der Waals surface area contributed by atoms with Gasteiger partial charge in [-0.05, 0) is 44.2 Å². The Morgan fingerprint density at radius 1 is 1.33 bits per heavy atom. The van der Waals surface area contributed by atoms with Gasteiger partial charge < -0.3 is 15.0 Å². The Labute approximate surface area is 159 Å². The molecular formula is C20H26N4O3. The van der Waals surface area contributed by atoms with Crippen molar-refractivity contribution < 1.29 is 14.3 Å². The number of rotatable bonds is 6. The molecule has 1 saturated heterocycles. The van der Waals surface area contributed by atoms with Crippen LogP contribution in [0.5, 0.6) is 5.75 Å². The molecular weight excluding hydrogens is 344 g/mol. The number of anilines is 1. The van der Waals surface area contributed by atoms with Gasteiger partial charge in [0, 0.05) is 37.0 Å². The number of piperidine rings is 1. The van der Waals surface area contributed by atoms with Gasteiger partial charge >= 0.3 is 0 Å². The van der Waals surface area contributed by atoms with Gasteiger partial charge in [-0.1, -0.05) is 6.07 Å². The molecule has 2 N–H and O–H groups in total. The van der Waals surface area contributed by atoms with E-state index in [2.05, 4.69) is 15.5 Å². The van der Waals surface area contributed by atoms with Crippen molar-refractivity contribution in [2.24, 2.45) is 5.92 Å². The number of amides is 2. The van der Waals surface area contributed by atoms with Gasteiger partial charge in [-0.25, -0.2) is 0 Å². The Kier molecular flexibility index (Phi) is 6.11. The van der Waals surface area contributed by atoms with E-state index >= 15 is 0 Å². The molecule has 7 nitrogen and oxygen atoms in total. The number of carbonyl (C=O) groups excluding carboxylic acids is 2. The molecule has 0 bridgehead atoms. The molecule has 0 unspecified atom stereocenters. The Balaban J connectivity index is 1.42. The van der Waals surface area contributed by atoms with Crippen molar-refractivity contribution in [2.75, 3.05) is 25.5 Å². The highest BCUT2D eigenvalue weighted by Gasteiger charge is 2.25. The first kappa shape index (κ1) is 18.9. The number of aromatic amines is 1. The van der Waals surface area contributed by atoms with Gasteiger partial charge in [0.25, 0.3) is 5.91 Å². The monoisotopic (exact) mass is 370 g/mol. The summed E-state index contributed by atoms with van der Waals surface area (Å²) >= 11 is 0. The van der Waals surface area contributed by atoms with Gasteiger partial charge in [0.15, 0.2) is 0 Å². The fourth-order valence-electron chi connectivity index (χ4n) is 3.42. The molecule has 0 radical (unpaired) electrons. The number of carbonyl (C=O) groups is 2. The van der Waals surface area contributed by atoms with Crippen molar-refractivity contribution in [1.82, 2.24) is 15.1 Å². The molecule has 1 fully saturated rings. The molecule has 1 aliphatic heterocycles. The molecule has 0 aliphatic carbocycles. The Morgan fingerprint density at radius 2 is 2.11 bits per heavy atom. The number of aryl methyl sites for hydroxylation is 1. The van der Waals surface area contributed by atoms with E-state index < -0.39 is 0 Å². The number of aromatic nitrogens is 2. The van der Waals surface area contributed by atoms with Crippen molar-refractivity contribution in [1.29, 1.82) is 0 Å². The van der Waals surface area contributed by atoms with Crippen LogP contribution in [0.25, 0.3) is 0 Å². The Hall–Kier alpha value is -2.83. The molecule has 0 atom stereocenters. The molecule has 1 aromatic carbocycles. The largest absolute Gasteiger partial charge is 0.497 e. The number of hydrogen-bond acceptors (Lipinski definition) is 4. The van der Waals surface area contributed by atoms with Crippen molar-refractivity contribution >= 4 is 17.5 Å². The summed E-state index contributed by atoms with van der Waals surface area (Å²) < 4.78 is 5.17. The van der Waals surface area contributed by atoms with Gasteiger partial charge in [0.05, 0.1) is 18.9 Å². The first-order valence-electron chi connectivity index (χ1n) is 9.30. The SMILES string of the molecule is COc1cccc(NC(=O)CCC2CCN(C(=O)c3cn[nH]c3C)CC2)c1. The second-order valence-electron chi connectivity index (χ2n) is 6.96. The molecule has 0 saturated carbocycles. The number of nitrogens with zero attached hydrogens (tertiary/aromatic N) is 2. The minimum Gasteiger partial charge on any atom is -0.497 e. The number of nitrogens with one attached hydrogen (secondary N) is 2. The van der Waals surface area contributed by atoms with Crippen LogP contribution in [0.4, 0.5) is 5.69 Å². The van der Waals surface area contributed by atoms with Crippen LogP contribution in [0.1, 0.15) is 41.7 Å². The van der Waals surface area contributed by atoms with Gasteiger partial charge in [-0.2, -0.15) is 5.10 Å². The van der Waals surface area contributed by atoms with Crippen LogP contribution < -0.4 is 10.1 Å². The van der Waals surface area contributed by atoms with Crippen molar-refractivity contribution in [2.45, 2.75) is 32.6 Å². The highest BCUT2D eigenvalue weighted by atomic mass is 16.5. The quantitative estimate of drug-likeness (QED) is 0.818. The summed E-state index contributed by atoms with van der Waals surface area (Å²) in [6, 6.07) is 7.35. The van der Waals surface area contributed by atoms with Gasteiger partial charge in [-0.3, -0.25) is 14.7 Å². The first-order chi connectivity index (χ1) is 13.1. The molecule has 7 heteroatoms. The van der Waals surface area contributed by atoms with E-state index in [4.69, 9.17) is 4.74 Å². The number of H-pyrrole nitrogens is 1. The average molecular weight is 370 g/mol. The normalized spacial score (nSPS) is 14.8. The standard InChI is InChI=1S/C20H26N4O3/c1-14-18(13-21-23-14)20(26)24-10-8-15(9-11-24)6-7-19(25)22-16-4-3-5-17(12-16)27-2/h3-5,12-13,15H,6-11H2,1-2H3,(H,21,23)(H,22,25). The van der Waals surface area contributed by atoms with E-state index in [1.807, 2.05) is 30.0 Å². The lowest BCUT2D eigenvalue weighted by Crippen LogP contribution is -2.38. The summed E-state index contributed by atoms with van der Waals surface area (Å²) in [6.45, 7) is 3.31. The van der Waals surface area contributed by atoms with Crippen LogP contribution in [0.15, 0.2) is 30.5 Å². The number of methoxy groups -OCH3 is 1. The maximum absolute atomic E-state index is 12.5. The zero-order chi connectivity index (χ0) is 19.2. The molecule has 3 rings (SSSR count). The van der Waals surface area contributed by atoms with E-state index in [0.29, 0.717) is 17.9 Å². The number of benzene rings is 1. The molecule has 2 heterocycles. The van der Waals surface area contributed by atoms with Gasteiger partial charge in [0.1, 0.15) is 5.75 Å². The minimum absolute atomic E-state index is 0.00998. The maximum Gasteiger partial charge on any atom is 0.257 e. The summed E-state index contributed by atoms with van der Waals surface area (Å²) in [5.41, 5.74) is 2.19. The third kappa shape index (κ3) is 4.87. The summed E-state index contributed by atoms with van der Waals surface area (Å²) in [5.74, 6) is 1.24. The second-order valence-corrected chi connectivity index (χ2v) is 6.96. The van der Waals surface area contributed by atoms with E-state index in [1.165, 1.54) is 0 Å². The molecule has 2 aromatic rings. The summed E-state index contributed by atoms with van der Waals surface area (Å²) in [4.78, 5) is 26.6. The van der Waals surface area contributed by atoms with E-state index in [9.17, 15) is 9.59 Å². The molecule has 0 spiro atoms. The summed E-state index contributed by atoms with van der Waals surface area (Å²) in [5, 5.41) is 9.64. The lowest BCUT2D eigenvalue weighted by molar-refractivity contribution is -0.116.